The fourth-order valence-corrected chi connectivity index (χ4v) is 1.64. The molecular formula is C9H8N2S. The Balaban J connectivity index is 3.08. The highest BCUT2D eigenvalue weighted by atomic mass is 32.1. The molecule has 0 radical (unpaired) electrons. The van der Waals surface area contributed by atoms with Crippen molar-refractivity contribution in [1.82, 2.24) is 0 Å². The zero-order chi connectivity index (χ0) is 9.19. The van der Waals surface area contributed by atoms with Crippen LogP contribution in [-0.2, 0) is 5.41 Å². The van der Waals surface area contributed by atoms with E-state index in [0.29, 0.717) is 4.88 Å². The van der Waals surface area contributed by atoms with Crippen molar-refractivity contribution in [3.8, 4) is 12.1 Å². The summed E-state index contributed by atoms with van der Waals surface area (Å²) >= 11 is 1.38. The fourth-order valence-electron chi connectivity index (χ4n) is 0.789. The summed E-state index contributed by atoms with van der Waals surface area (Å²) in [6, 6.07) is 7.84. The summed E-state index contributed by atoms with van der Waals surface area (Å²) in [5, 5.41) is 17.4. The Labute approximate surface area is 75.7 Å². The van der Waals surface area contributed by atoms with Gasteiger partial charge in [-0.15, -0.1) is 11.3 Å². The van der Waals surface area contributed by atoms with Crippen LogP contribution in [0, 0.1) is 22.7 Å². The maximum atomic E-state index is 8.80. The number of hydrogen-bond acceptors (Lipinski definition) is 3. The molecule has 0 aromatic carbocycles. The summed E-state index contributed by atoms with van der Waals surface area (Å²) in [6.45, 7) is 3.69. The van der Waals surface area contributed by atoms with Gasteiger partial charge in [-0.05, 0) is 26.0 Å². The second kappa shape index (κ2) is 2.97. The first-order valence-electron chi connectivity index (χ1n) is 3.52. The molecule has 0 saturated carbocycles. The van der Waals surface area contributed by atoms with Gasteiger partial charge in [0.2, 0.25) is 0 Å². The summed E-state index contributed by atoms with van der Waals surface area (Å²) < 4.78 is 0. The van der Waals surface area contributed by atoms with Gasteiger partial charge < -0.3 is 0 Å². The third-order valence-corrected chi connectivity index (χ3v) is 2.93. The van der Waals surface area contributed by atoms with Crippen LogP contribution in [0.2, 0.25) is 0 Å². The van der Waals surface area contributed by atoms with Gasteiger partial charge in [-0.1, -0.05) is 0 Å². The molecule has 0 aliphatic heterocycles. The van der Waals surface area contributed by atoms with Crippen LogP contribution in [0.25, 0.3) is 0 Å². The Bertz CT molecular complexity index is 363. The van der Waals surface area contributed by atoms with Crippen LogP contribution in [0.4, 0.5) is 0 Å². The van der Waals surface area contributed by atoms with E-state index in [1.54, 1.807) is 6.07 Å². The quantitative estimate of drug-likeness (QED) is 0.659. The molecular weight excluding hydrogens is 168 g/mol. The average molecular weight is 176 g/mol. The van der Waals surface area contributed by atoms with Gasteiger partial charge in [-0.3, -0.25) is 0 Å². The van der Waals surface area contributed by atoms with Crippen LogP contribution in [0.1, 0.15) is 23.6 Å². The van der Waals surface area contributed by atoms with E-state index in [1.165, 1.54) is 11.3 Å². The second-order valence-electron chi connectivity index (χ2n) is 3.01. The largest absolute Gasteiger partial charge is 0.197 e. The first-order valence-corrected chi connectivity index (χ1v) is 4.33. The minimum absolute atomic E-state index is 0.472. The minimum Gasteiger partial charge on any atom is -0.197 e. The smallest absolute Gasteiger partial charge is 0.110 e. The highest BCUT2D eigenvalue weighted by molar-refractivity contribution is 7.12. The highest BCUT2D eigenvalue weighted by Crippen LogP contribution is 2.28. The maximum absolute atomic E-state index is 8.80. The predicted molar refractivity (Wildman–Crippen MR) is 47.7 cm³/mol. The van der Waals surface area contributed by atoms with E-state index in [-0.39, 0.29) is 0 Å². The number of nitriles is 2. The van der Waals surface area contributed by atoms with Crippen LogP contribution >= 0.6 is 11.3 Å². The van der Waals surface area contributed by atoms with Gasteiger partial charge in [0.1, 0.15) is 10.9 Å². The Hall–Kier alpha value is -1.32. The molecule has 1 aromatic heterocycles. The molecule has 0 bridgehead atoms. The lowest BCUT2D eigenvalue weighted by Crippen LogP contribution is -2.10. The summed E-state index contributed by atoms with van der Waals surface area (Å²) in [5.41, 5.74) is -0.472. The topological polar surface area (TPSA) is 47.6 Å². The SMILES string of the molecule is CC(C)(C#N)c1ccc(C#N)s1. The molecule has 0 atom stereocenters. The first kappa shape index (κ1) is 8.77. The van der Waals surface area contributed by atoms with Crippen LogP contribution < -0.4 is 0 Å². The van der Waals surface area contributed by atoms with E-state index in [2.05, 4.69) is 12.1 Å². The first-order chi connectivity index (χ1) is 5.60. The average Bonchev–Trinajstić information content (AvgIpc) is 2.52. The lowest BCUT2D eigenvalue weighted by molar-refractivity contribution is 0.703. The number of thiophene rings is 1. The van der Waals surface area contributed by atoms with Gasteiger partial charge in [0.05, 0.1) is 11.5 Å². The van der Waals surface area contributed by atoms with Crippen molar-refractivity contribution in [2.75, 3.05) is 0 Å². The van der Waals surface area contributed by atoms with Crippen molar-refractivity contribution in [1.29, 1.82) is 10.5 Å². The van der Waals surface area contributed by atoms with Crippen LogP contribution in [0.15, 0.2) is 12.1 Å². The normalized spacial score (nSPS) is 10.3. The Kier molecular flexibility index (Phi) is 2.17. The van der Waals surface area contributed by atoms with Crippen molar-refractivity contribution < 1.29 is 0 Å². The Morgan fingerprint density at radius 2 is 2.00 bits per heavy atom. The summed E-state index contributed by atoms with van der Waals surface area (Å²) in [5.74, 6) is 0. The molecule has 60 valence electrons. The molecule has 3 heteroatoms. The number of nitrogens with zero attached hydrogens (tertiary/aromatic N) is 2. The monoisotopic (exact) mass is 176 g/mol. The Morgan fingerprint density at radius 1 is 1.33 bits per heavy atom. The molecule has 0 spiro atoms. The number of hydrogen-bond donors (Lipinski definition) is 0. The molecule has 0 aliphatic carbocycles. The molecule has 2 nitrogen and oxygen atoms in total. The predicted octanol–water partition coefficient (Wildman–Crippen LogP) is 2.42. The van der Waals surface area contributed by atoms with Gasteiger partial charge in [0, 0.05) is 4.88 Å². The van der Waals surface area contributed by atoms with E-state index in [9.17, 15) is 0 Å². The molecule has 1 aromatic rings. The molecule has 0 N–H and O–H groups in total. The van der Waals surface area contributed by atoms with Gasteiger partial charge in [-0.25, -0.2) is 0 Å². The molecule has 0 aliphatic rings. The van der Waals surface area contributed by atoms with Crippen molar-refractivity contribution in [2.24, 2.45) is 0 Å². The van der Waals surface area contributed by atoms with Gasteiger partial charge in [0.25, 0.3) is 0 Å². The molecule has 12 heavy (non-hydrogen) atoms. The van der Waals surface area contributed by atoms with Crippen molar-refractivity contribution in [3.05, 3.63) is 21.9 Å². The van der Waals surface area contributed by atoms with Gasteiger partial charge in [0.15, 0.2) is 0 Å². The van der Waals surface area contributed by atoms with E-state index < -0.39 is 5.41 Å². The Morgan fingerprint density at radius 3 is 2.42 bits per heavy atom. The fraction of sp³-hybridized carbons (Fsp3) is 0.333. The van der Waals surface area contributed by atoms with E-state index in [1.807, 2.05) is 19.9 Å². The zero-order valence-corrected chi connectivity index (χ0v) is 7.77. The highest BCUT2D eigenvalue weighted by Gasteiger charge is 2.21. The molecule has 1 heterocycles. The number of rotatable bonds is 1. The summed E-state index contributed by atoms with van der Waals surface area (Å²) in [7, 11) is 0. The van der Waals surface area contributed by atoms with Crippen molar-refractivity contribution in [2.45, 2.75) is 19.3 Å². The van der Waals surface area contributed by atoms with E-state index >= 15 is 0 Å². The molecule has 0 amide bonds. The molecule has 0 saturated heterocycles. The summed E-state index contributed by atoms with van der Waals surface area (Å²) in [6.07, 6.45) is 0. The van der Waals surface area contributed by atoms with Crippen molar-refractivity contribution in [3.63, 3.8) is 0 Å². The molecule has 1 rings (SSSR count). The summed E-state index contributed by atoms with van der Waals surface area (Å²) in [4.78, 5) is 1.61. The van der Waals surface area contributed by atoms with Crippen molar-refractivity contribution >= 4 is 11.3 Å². The van der Waals surface area contributed by atoms with Crippen LogP contribution in [-0.4, -0.2) is 0 Å². The minimum atomic E-state index is -0.472. The van der Waals surface area contributed by atoms with Crippen LogP contribution in [0.3, 0.4) is 0 Å². The van der Waals surface area contributed by atoms with Gasteiger partial charge >= 0.3 is 0 Å². The third kappa shape index (κ3) is 1.47. The molecule has 0 fully saturated rings. The lowest BCUT2D eigenvalue weighted by atomic mass is 9.94. The molecule has 0 unspecified atom stereocenters. The second-order valence-corrected chi connectivity index (χ2v) is 4.10. The maximum Gasteiger partial charge on any atom is 0.110 e. The third-order valence-electron chi connectivity index (χ3n) is 1.61. The van der Waals surface area contributed by atoms with Crippen LogP contribution in [0.5, 0.6) is 0 Å². The lowest BCUT2D eigenvalue weighted by Gasteiger charge is -2.11. The van der Waals surface area contributed by atoms with Gasteiger partial charge in [-0.2, -0.15) is 10.5 Å². The standard InChI is InChI=1S/C9H8N2S/c1-9(2,6-11)8-4-3-7(5-10)12-8/h3-4H,1-2H3. The van der Waals surface area contributed by atoms with E-state index in [4.69, 9.17) is 10.5 Å². The zero-order valence-electron chi connectivity index (χ0n) is 6.96. The van der Waals surface area contributed by atoms with E-state index in [0.717, 1.165) is 4.88 Å².